The van der Waals surface area contributed by atoms with Gasteiger partial charge in [-0.1, -0.05) is 54.6 Å². The van der Waals surface area contributed by atoms with Crippen LogP contribution in [0.15, 0.2) is 54.6 Å². The van der Waals surface area contributed by atoms with Crippen molar-refractivity contribution in [2.45, 2.75) is 12.8 Å². The number of aliphatic carboxylic acids is 2. The van der Waals surface area contributed by atoms with Crippen LogP contribution in [0.4, 0.5) is 0 Å². The molecule has 0 atom stereocenters. The number of hydrogen-bond donors (Lipinski definition) is 2. The highest BCUT2D eigenvalue weighted by Crippen LogP contribution is 2.14. The summed E-state index contributed by atoms with van der Waals surface area (Å²) in [5.41, 5.74) is 3.01. The first-order chi connectivity index (χ1) is 10.1. The summed E-state index contributed by atoms with van der Waals surface area (Å²) in [6, 6.07) is 17.4. The molecule has 0 fully saturated rings. The standard InChI is InChI=1S/C17H16O4/c18-16(19)15(17(20)21)11-14-8-6-13(7-9-14)10-12-4-2-1-3-5-12/h1-9,15H,10-11H2,(H,18,19)(H,20,21). The molecule has 0 radical (unpaired) electrons. The highest BCUT2D eigenvalue weighted by atomic mass is 16.4. The van der Waals surface area contributed by atoms with E-state index in [0.717, 1.165) is 12.0 Å². The molecule has 4 nitrogen and oxygen atoms in total. The van der Waals surface area contributed by atoms with Gasteiger partial charge in [0, 0.05) is 0 Å². The van der Waals surface area contributed by atoms with E-state index in [2.05, 4.69) is 0 Å². The van der Waals surface area contributed by atoms with Gasteiger partial charge in [-0.25, -0.2) is 0 Å². The Bertz CT molecular complexity index is 603. The Balaban J connectivity index is 2.05. The summed E-state index contributed by atoms with van der Waals surface area (Å²) in [5.74, 6) is -4.02. The lowest BCUT2D eigenvalue weighted by molar-refractivity contribution is -0.154. The van der Waals surface area contributed by atoms with Crippen molar-refractivity contribution in [3.63, 3.8) is 0 Å². The molecule has 0 aliphatic rings. The zero-order valence-corrected chi connectivity index (χ0v) is 11.4. The fraction of sp³-hybridized carbons (Fsp3) is 0.176. The van der Waals surface area contributed by atoms with Crippen LogP contribution in [0.5, 0.6) is 0 Å². The Morgan fingerprint density at radius 2 is 1.24 bits per heavy atom. The largest absolute Gasteiger partial charge is 0.481 e. The molecule has 0 unspecified atom stereocenters. The van der Waals surface area contributed by atoms with E-state index in [-0.39, 0.29) is 6.42 Å². The van der Waals surface area contributed by atoms with Crippen LogP contribution in [-0.4, -0.2) is 22.2 Å². The maximum Gasteiger partial charge on any atom is 0.318 e. The van der Waals surface area contributed by atoms with E-state index < -0.39 is 17.9 Å². The zero-order chi connectivity index (χ0) is 15.2. The van der Waals surface area contributed by atoms with E-state index in [4.69, 9.17) is 10.2 Å². The van der Waals surface area contributed by atoms with Crippen LogP contribution in [-0.2, 0) is 22.4 Å². The smallest absolute Gasteiger partial charge is 0.318 e. The van der Waals surface area contributed by atoms with E-state index in [1.807, 2.05) is 42.5 Å². The number of carboxylic acids is 2. The lowest BCUT2D eigenvalue weighted by Gasteiger charge is -2.08. The van der Waals surface area contributed by atoms with Crippen molar-refractivity contribution >= 4 is 11.9 Å². The van der Waals surface area contributed by atoms with Crippen LogP contribution in [0.2, 0.25) is 0 Å². The lowest BCUT2D eigenvalue weighted by atomic mass is 9.97. The van der Waals surface area contributed by atoms with Gasteiger partial charge in [-0.05, 0) is 29.5 Å². The molecule has 2 N–H and O–H groups in total. The van der Waals surface area contributed by atoms with Crippen molar-refractivity contribution in [1.29, 1.82) is 0 Å². The molecular weight excluding hydrogens is 268 g/mol. The molecule has 2 aromatic carbocycles. The number of hydrogen-bond acceptors (Lipinski definition) is 2. The van der Waals surface area contributed by atoms with Crippen molar-refractivity contribution in [3.8, 4) is 0 Å². The Morgan fingerprint density at radius 3 is 1.76 bits per heavy atom. The number of carbonyl (C=O) groups is 2. The van der Waals surface area contributed by atoms with Gasteiger partial charge in [0.05, 0.1) is 0 Å². The summed E-state index contributed by atoms with van der Waals surface area (Å²) in [6.45, 7) is 0. The van der Waals surface area contributed by atoms with Crippen molar-refractivity contribution < 1.29 is 19.8 Å². The van der Waals surface area contributed by atoms with Crippen LogP contribution in [0.25, 0.3) is 0 Å². The Hall–Kier alpha value is -2.62. The molecule has 2 rings (SSSR count). The minimum Gasteiger partial charge on any atom is -0.481 e. The molecule has 0 saturated carbocycles. The molecule has 4 heteroatoms. The van der Waals surface area contributed by atoms with E-state index in [1.54, 1.807) is 12.1 Å². The molecular formula is C17H16O4. The topological polar surface area (TPSA) is 74.6 Å². The van der Waals surface area contributed by atoms with Crippen molar-refractivity contribution in [2.75, 3.05) is 0 Å². The van der Waals surface area contributed by atoms with Gasteiger partial charge >= 0.3 is 11.9 Å². The van der Waals surface area contributed by atoms with E-state index in [9.17, 15) is 9.59 Å². The number of carboxylic acid groups (broad SMARTS) is 2. The van der Waals surface area contributed by atoms with Gasteiger partial charge in [-0.3, -0.25) is 9.59 Å². The average molecular weight is 284 g/mol. The van der Waals surface area contributed by atoms with E-state index in [0.29, 0.717) is 5.56 Å². The van der Waals surface area contributed by atoms with Crippen LogP contribution >= 0.6 is 0 Å². The van der Waals surface area contributed by atoms with Gasteiger partial charge in [0.25, 0.3) is 0 Å². The molecule has 0 bridgehead atoms. The van der Waals surface area contributed by atoms with Crippen molar-refractivity contribution in [1.82, 2.24) is 0 Å². The first-order valence-electron chi connectivity index (χ1n) is 6.63. The highest BCUT2D eigenvalue weighted by Gasteiger charge is 2.25. The highest BCUT2D eigenvalue weighted by molar-refractivity contribution is 5.93. The first-order valence-corrected chi connectivity index (χ1v) is 6.63. The van der Waals surface area contributed by atoms with Gasteiger partial charge in [0.1, 0.15) is 0 Å². The molecule has 0 saturated heterocycles. The molecule has 0 aromatic heterocycles. The summed E-state index contributed by atoms with van der Waals surface area (Å²) < 4.78 is 0. The predicted octanol–water partition coefficient (Wildman–Crippen LogP) is 2.61. The second kappa shape index (κ2) is 6.70. The second-order valence-electron chi connectivity index (χ2n) is 4.91. The zero-order valence-electron chi connectivity index (χ0n) is 11.4. The molecule has 0 aliphatic heterocycles. The summed E-state index contributed by atoms with van der Waals surface area (Å²) in [4.78, 5) is 21.7. The van der Waals surface area contributed by atoms with Crippen LogP contribution in [0, 0.1) is 5.92 Å². The molecule has 108 valence electrons. The minimum atomic E-state index is -1.40. The van der Waals surface area contributed by atoms with Gasteiger partial charge in [-0.2, -0.15) is 0 Å². The van der Waals surface area contributed by atoms with Crippen molar-refractivity contribution in [2.24, 2.45) is 5.92 Å². The molecule has 2 aromatic rings. The Kier molecular flexibility index (Phi) is 4.72. The monoisotopic (exact) mass is 284 g/mol. The van der Waals surface area contributed by atoms with Crippen LogP contribution in [0.1, 0.15) is 16.7 Å². The third-order valence-electron chi connectivity index (χ3n) is 3.31. The number of benzene rings is 2. The van der Waals surface area contributed by atoms with Gasteiger partial charge in [0.2, 0.25) is 0 Å². The van der Waals surface area contributed by atoms with Crippen LogP contribution in [0.3, 0.4) is 0 Å². The molecule has 0 spiro atoms. The second-order valence-corrected chi connectivity index (χ2v) is 4.91. The maximum atomic E-state index is 10.9. The lowest BCUT2D eigenvalue weighted by Crippen LogP contribution is -2.25. The van der Waals surface area contributed by atoms with E-state index >= 15 is 0 Å². The normalized spacial score (nSPS) is 10.5. The molecule has 0 aliphatic carbocycles. The fourth-order valence-corrected chi connectivity index (χ4v) is 2.14. The summed E-state index contributed by atoms with van der Waals surface area (Å²) in [6.07, 6.45) is 0.790. The third-order valence-corrected chi connectivity index (χ3v) is 3.31. The maximum absolute atomic E-state index is 10.9. The van der Waals surface area contributed by atoms with Gasteiger partial charge < -0.3 is 10.2 Å². The van der Waals surface area contributed by atoms with Gasteiger partial charge in [0.15, 0.2) is 5.92 Å². The fourth-order valence-electron chi connectivity index (χ4n) is 2.14. The molecule has 21 heavy (non-hydrogen) atoms. The van der Waals surface area contributed by atoms with Gasteiger partial charge in [-0.15, -0.1) is 0 Å². The summed E-state index contributed by atoms with van der Waals surface area (Å²) in [7, 11) is 0. The van der Waals surface area contributed by atoms with E-state index in [1.165, 1.54) is 5.56 Å². The third kappa shape index (κ3) is 4.18. The minimum absolute atomic E-state index is 0.00369. The SMILES string of the molecule is O=C(O)C(Cc1ccc(Cc2ccccc2)cc1)C(=O)O. The number of rotatable bonds is 6. The quantitative estimate of drug-likeness (QED) is 0.800. The summed E-state index contributed by atoms with van der Waals surface area (Å²) >= 11 is 0. The average Bonchev–Trinajstić information content (AvgIpc) is 2.47. The Morgan fingerprint density at radius 1 is 0.762 bits per heavy atom. The van der Waals surface area contributed by atoms with Crippen LogP contribution < -0.4 is 0 Å². The predicted molar refractivity (Wildman–Crippen MR) is 78.2 cm³/mol. The first kappa shape index (κ1) is 14.8. The Labute approximate surface area is 122 Å². The molecule has 0 heterocycles. The molecule has 0 amide bonds. The summed E-state index contributed by atoms with van der Waals surface area (Å²) in [5, 5.41) is 17.7. The van der Waals surface area contributed by atoms with Crippen molar-refractivity contribution in [3.05, 3.63) is 71.3 Å².